The maximum atomic E-state index is 5.65. The zero-order valence-electron chi connectivity index (χ0n) is 7.68. The Labute approximate surface area is 88.7 Å². The van der Waals surface area contributed by atoms with E-state index in [1.165, 1.54) is 25.7 Å². The number of ether oxygens (including phenoxy) is 1. The van der Waals surface area contributed by atoms with Gasteiger partial charge in [0.1, 0.15) is 0 Å². The molecule has 2 heteroatoms. The second-order valence-corrected chi connectivity index (χ2v) is 4.98. The molecule has 1 saturated carbocycles. The second-order valence-electron chi connectivity index (χ2n) is 3.48. The molecular formula is C10H17IO. The molecule has 1 aliphatic rings. The Morgan fingerprint density at radius 2 is 2.42 bits per heavy atom. The molecule has 0 aliphatic heterocycles. The second kappa shape index (κ2) is 4.61. The lowest BCUT2D eigenvalue weighted by Crippen LogP contribution is -2.42. The highest BCUT2D eigenvalue weighted by Gasteiger charge is 2.38. The standard InChI is InChI=1S/C10H17IO/c1-3-7-10(12-2)8-5-4-6-9(10)11/h3,9H,1,4-8H2,2H3/t9-,10+/m0/s1. The van der Waals surface area contributed by atoms with Crippen molar-refractivity contribution in [3.05, 3.63) is 12.7 Å². The minimum absolute atomic E-state index is 0.0978. The van der Waals surface area contributed by atoms with Crippen LogP contribution in [0, 0.1) is 0 Å². The molecule has 0 bridgehead atoms. The number of hydrogen-bond donors (Lipinski definition) is 0. The summed E-state index contributed by atoms with van der Waals surface area (Å²) < 4.78 is 6.31. The molecule has 1 aliphatic carbocycles. The van der Waals surface area contributed by atoms with Gasteiger partial charge in [0, 0.05) is 11.0 Å². The predicted molar refractivity (Wildman–Crippen MR) is 60.8 cm³/mol. The molecule has 0 saturated heterocycles. The van der Waals surface area contributed by atoms with Gasteiger partial charge in [-0.15, -0.1) is 6.58 Å². The van der Waals surface area contributed by atoms with Crippen molar-refractivity contribution >= 4 is 22.6 Å². The van der Waals surface area contributed by atoms with Gasteiger partial charge in [0.15, 0.2) is 0 Å². The van der Waals surface area contributed by atoms with Gasteiger partial charge in [-0.2, -0.15) is 0 Å². The predicted octanol–water partition coefficient (Wildman–Crippen LogP) is 3.33. The van der Waals surface area contributed by atoms with Crippen LogP contribution in [0.3, 0.4) is 0 Å². The Morgan fingerprint density at radius 1 is 1.67 bits per heavy atom. The average Bonchev–Trinajstić information content (AvgIpc) is 2.10. The van der Waals surface area contributed by atoms with Gasteiger partial charge in [-0.25, -0.2) is 0 Å². The largest absolute Gasteiger partial charge is 0.377 e. The first-order valence-corrected chi connectivity index (χ1v) is 5.80. The lowest BCUT2D eigenvalue weighted by molar-refractivity contribution is -0.0267. The summed E-state index contributed by atoms with van der Waals surface area (Å²) in [6.45, 7) is 3.80. The number of halogens is 1. The van der Waals surface area contributed by atoms with Crippen molar-refractivity contribution in [1.82, 2.24) is 0 Å². The van der Waals surface area contributed by atoms with Gasteiger partial charge in [0.05, 0.1) is 5.60 Å². The van der Waals surface area contributed by atoms with Crippen LogP contribution in [0.5, 0.6) is 0 Å². The molecule has 0 aromatic heterocycles. The van der Waals surface area contributed by atoms with Gasteiger partial charge in [0.2, 0.25) is 0 Å². The summed E-state index contributed by atoms with van der Waals surface area (Å²) in [6, 6.07) is 0. The molecule has 1 fully saturated rings. The quantitative estimate of drug-likeness (QED) is 0.438. The molecule has 0 N–H and O–H groups in total. The third-order valence-corrected chi connectivity index (χ3v) is 4.53. The number of methoxy groups -OCH3 is 1. The summed E-state index contributed by atoms with van der Waals surface area (Å²) in [7, 11) is 1.83. The van der Waals surface area contributed by atoms with Gasteiger partial charge >= 0.3 is 0 Å². The van der Waals surface area contributed by atoms with E-state index in [9.17, 15) is 0 Å². The van der Waals surface area contributed by atoms with Crippen LogP contribution in [0.2, 0.25) is 0 Å². The molecule has 0 amide bonds. The van der Waals surface area contributed by atoms with E-state index < -0.39 is 0 Å². The smallest absolute Gasteiger partial charge is 0.0829 e. The molecular weight excluding hydrogens is 263 g/mol. The SMILES string of the molecule is C=CC[C@@]1(OC)CCCC[C@@H]1I. The molecule has 1 rings (SSSR count). The van der Waals surface area contributed by atoms with Crippen LogP contribution in [-0.4, -0.2) is 16.6 Å². The molecule has 0 aromatic carbocycles. The van der Waals surface area contributed by atoms with E-state index in [0.29, 0.717) is 3.92 Å². The van der Waals surface area contributed by atoms with Gasteiger partial charge in [-0.1, -0.05) is 41.5 Å². The summed E-state index contributed by atoms with van der Waals surface area (Å²) in [5, 5.41) is 0. The Bertz CT molecular complexity index is 158. The highest BCUT2D eigenvalue weighted by atomic mass is 127. The van der Waals surface area contributed by atoms with E-state index in [0.717, 1.165) is 6.42 Å². The van der Waals surface area contributed by atoms with E-state index in [2.05, 4.69) is 29.2 Å². The molecule has 0 aromatic rings. The molecule has 70 valence electrons. The highest BCUT2D eigenvalue weighted by Crippen LogP contribution is 2.39. The third kappa shape index (κ3) is 2.02. The van der Waals surface area contributed by atoms with Gasteiger partial charge in [-0.05, 0) is 19.3 Å². The lowest BCUT2D eigenvalue weighted by atomic mass is 9.82. The van der Waals surface area contributed by atoms with Crippen molar-refractivity contribution in [2.75, 3.05) is 7.11 Å². The minimum atomic E-state index is 0.0978. The lowest BCUT2D eigenvalue weighted by Gasteiger charge is -2.39. The zero-order chi connectivity index (χ0) is 9.03. The molecule has 2 atom stereocenters. The summed E-state index contributed by atoms with van der Waals surface area (Å²) in [5.41, 5.74) is 0.0978. The molecule has 1 nitrogen and oxygen atoms in total. The van der Waals surface area contributed by atoms with E-state index in [4.69, 9.17) is 4.74 Å². The third-order valence-electron chi connectivity index (χ3n) is 2.77. The number of rotatable bonds is 3. The van der Waals surface area contributed by atoms with E-state index in [1.807, 2.05) is 13.2 Å². The first kappa shape index (κ1) is 10.5. The van der Waals surface area contributed by atoms with Gasteiger partial charge < -0.3 is 4.74 Å². The topological polar surface area (TPSA) is 9.23 Å². The van der Waals surface area contributed by atoms with E-state index >= 15 is 0 Å². The fourth-order valence-corrected chi connectivity index (χ4v) is 3.22. The van der Waals surface area contributed by atoms with Crippen LogP contribution in [0.1, 0.15) is 32.1 Å². The summed E-state index contributed by atoms with van der Waals surface area (Å²) in [5.74, 6) is 0. The molecule has 0 unspecified atom stereocenters. The first-order chi connectivity index (χ1) is 5.75. The number of alkyl halides is 1. The van der Waals surface area contributed by atoms with E-state index in [-0.39, 0.29) is 5.60 Å². The maximum absolute atomic E-state index is 5.65. The van der Waals surface area contributed by atoms with Crippen LogP contribution >= 0.6 is 22.6 Å². The van der Waals surface area contributed by atoms with E-state index in [1.54, 1.807) is 0 Å². The molecule has 0 spiro atoms. The minimum Gasteiger partial charge on any atom is -0.377 e. The van der Waals surface area contributed by atoms with Crippen molar-refractivity contribution in [2.45, 2.75) is 41.6 Å². The molecule has 12 heavy (non-hydrogen) atoms. The highest BCUT2D eigenvalue weighted by molar-refractivity contribution is 14.1. The van der Waals surface area contributed by atoms with Crippen molar-refractivity contribution in [2.24, 2.45) is 0 Å². The normalized spacial score (nSPS) is 36.3. The molecule has 0 heterocycles. The van der Waals surface area contributed by atoms with Crippen LogP contribution < -0.4 is 0 Å². The Morgan fingerprint density at radius 3 is 2.92 bits per heavy atom. The Kier molecular flexibility index (Phi) is 4.03. The Balaban J connectivity index is 2.65. The fourth-order valence-electron chi connectivity index (χ4n) is 1.95. The summed E-state index contributed by atoms with van der Waals surface area (Å²) in [4.78, 5) is 0. The van der Waals surface area contributed by atoms with Crippen molar-refractivity contribution in [3.8, 4) is 0 Å². The average molecular weight is 280 g/mol. The van der Waals surface area contributed by atoms with Crippen molar-refractivity contribution in [1.29, 1.82) is 0 Å². The monoisotopic (exact) mass is 280 g/mol. The van der Waals surface area contributed by atoms with Crippen molar-refractivity contribution < 1.29 is 4.74 Å². The van der Waals surface area contributed by atoms with Crippen molar-refractivity contribution in [3.63, 3.8) is 0 Å². The first-order valence-electron chi connectivity index (χ1n) is 4.55. The zero-order valence-corrected chi connectivity index (χ0v) is 9.84. The maximum Gasteiger partial charge on any atom is 0.0829 e. The van der Waals surface area contributed by atoms with Crippen LogP contribution in [0.25, 0.3) is 0 Å². The van der Waals surface area contributed by atoms with Crippen LogP contribution in [0.4, 0.5) is 0 Å². The van der Waals surface area contributed by atoms with Gasteiger partial charge in [0.25, 0.3) is 0 Å². The van der Waals surface area contributed by atoms with Crippen LogP contribution in [-0.2, 0) is 4.74 Å². The molecule has 0 radical (unpaired) electrons. The summed E-state index contributed by atoms with van der Waals surface area (Å²) >= 11 is 2.52. The fraction of sp³-hybridized carbons (Fsp3) is 0.800. The van der Waals surface area contributed by atoms with Gasteiger partial charge in [-0.3, -0.25) is 0 Å². The van der Waals surface area contributed by atoms with Crippen LogP contribution in [0.15, 0.2) is 12.7 Å². The Hall–Kier alpha value is 0.430. The summed E-state index contributed by atoms with van der Waals surface area (Å²) in [6.07, 6.45) is 8.14. The number of hydrogen-bond acceptors (Lipinski definition) is 1.